The standard InChI is InChI=1S/C17H15BrClNO4S/c18-13-5-8-16(15(19)11-13)24-17(21)12-3-6-14(7-4-12)25(22,23)20-9-1-2-10-20/h3-8,11H,1-2,9-10H2. The third kappa shape index (κ3) is 4.06. The van der Waals surface area contributed by atoms with Gasteiger partial charge in [-0.1, -0.05) is 27.5 Å². The SMILES string of the molecule is O=C(Oc1ccc(Br)cc1Cl)c1ccc(S(=O)(=O)N2CCCC2)cc1. The Balaban J connectivity index is 1.76. The van der Waals surface area contributed by atoms with Gasteiger partial charge in [0.05, 0.1) is 15.5 Å². The second kappa shape index (κ2) is 7.45. The zero-order valence-electron chi connectivity index (χ0n) is 13.1. The average molecular weight is 445 g/mol. The minimum Gasteiger partial charge on any atom is -0.421 e. The second-order valence-corrected chi connectivity index (χ2v) is 8.86. The minimum atomic E-state index is -3.50. The van der Waals surface area contributed by atoms with Crippen molar-refractivity contribution in [3.05, 3.63) is 57.5 Å². The molecule has 132 valence electrons. The molecule has 25 heavy (non-hydrogen) atoms. The van der Waals surface area contributed by atoms with Crippen LogP contribution in [0.5, 0.6) is 5.75 Å². The van der Waals surface area contributed by atoms with Gasteiger partial charge in [-0.3, -0.25) is 0 Å². The van der Waals surface area contributed by atoms with Crippen LogP contribution in [0.4, 0.5) is 0 Å². The molecule has 0 aromatic heterocycles. The fourth-order valence-electron chi connectivity index (χ4n) is 2.56. The smallest absolute Gasteiger partial charge is 0.343 e. The van der Waals surface area contributed by atoms with Crippen molar-refractivity contribution in [2.75, 3.05) is 13.1 Å². The Bertz CT molecular complexity index is 893. The van der Waals surface area contributed by atoms with Crippen molar-refractivity contribution >= 4 is 43.5 Å². The summed E-state index contributed by atoms with van der Waals surface area (Å²) in [7, 11) is -3.50. The number of esters is 1. The summed E-state index contributed by atoms with van der Waals surface area (Å²) in [6.45, 7) is 1.07. The zero-order chi connectivity index (χ0) is 18.0. The molecule has 0 aliphatic carbocycles. The third-order valence-corrected chi connectivity index (χ3v) is 6.59. The lowest BCUT2D eigenvalue weighted by atomic mass is 10.2. The number of halogens is 2. The van der Waals surface area contributed by atoms with Crippen molar-refractivity contribution in [3.63, 3.8) is 0 Å². The van der Waals surface area contributed by atoms with Gasteiger partial charge in [0.15, 0.2) is 0 Å². The van der Waals surface area contributed by atoms with E-state index in [2.05, 4.69) is 15.9 Å². The van der Waals surface area contributed by atoms with Crippen molar-refractivity contribution < 1.29 is 17.9 Å². The summed E-state index contributed by atoms with van der Waals surface area (Å²) in [5.41, 5.74) is 0.249. The van der Waals surface area contributed by atoms with E-state index in [-0.39, 0.29) is 16.2 Å². The van der Waals surface area contributed by atoms with E-state index in [1.165, 1.54) is 28.6 Å². The molecule has 1 heterocycles. The van der Waals surface area contributed by atoms with Crippen molar-refractivity contribution in [2.45, 2.75) is 17.7 Å². The van der Waals surface area contributed by atoms with Gasteiger partial charge in [0.25, 0.3) is 0 Å². The molecule has 5 nitrogen and oxygen atoms in total. The summed E-state index contributed by atoms with van der Waals surface area (Å²) in [5, 5.41) is 0.302. The van der Waals surface area contributed by atoms with Crippen molar-refractivity contribution in [1.82, 2.24) is 4.31 Å². The van der Waals surface area contributed by atoms with E-state index in [0.717, 1.165) is 17.3 Å². The van der Waals surface area contributed by atoms with Gasteiger partial charge >= 0.3 is 5.97 Å². The molecule has 0 spiro atoms. The van der Waals surface area contributed by atoms with Crippen LogP contribution in [0.2, 0.25) is 5.02 Å². The highest BCUT2D eigenvalue weighted by atomic mass is 79.9. The first-order valence-electron chi connectivity index (χ1n) is 7.65. The number of carbonyl (C=O) groups excluding carboxylic acids is 1. The van der Waals surface area contributed by atoms with Crippen molar-refractivity contribution in [2.24, 2.45) is 0 Å². The van der Waals surface area contributed by atoms with E-state index in [9.17, 15) is 13.2 Å². The van der Waals surface area contributed by atoms with E-state index in [0.29, 0.717) is 18.1 Å². The predicted octanol–water partition coefficient (Wildman–Crippen LogP) is 4.11. The molecular weight excluding hydrogens is 430 g/mol. The number of sulfonamides is 1. The number of hydrogen-bond donors (Lipinski definition) is 0. The fourth-order valence-corrected chi connectivity index (χ4v) is 4.79. The molecule has 3 rings (SSSR count). The monoisotopic (exact) mass is 443 g/mol. The molecule has 2 aromatic carbocycles. The Morgan fingerprint density at radius 3 is 2.32 bits per heavy atom. The number of carbonyl (C=O) groups is 1. The van der Waals surface area contributed by atoms with E-state index >= 15 is 0 Å². The highest BCUT2D eigenvalue weighted by molar-refractivity contribution is 9.10. The fraction of sp³-hybridized carbons (Fsp3) is 0.235. The molecule has 0 bridgehead atoms. The van der Waals surface area contributed by atoms with E-state index in [1.807, 2.05) is 0 Å². The number of ether oxygens (including phenoxy) is 1. The number of rotatable bonds is 4. The Kier molecular flexibility index (Phi) is 5.48. The molecule has 8 heteroatoms. The topological polar surface area (TPSA) is 63.7 Å². The number of nitrogens with zero attached hydrogens (tertiary/aromatic N) is 1. The van der Waals surface area contributed by atoms with Crippen LogP contribution in [0.15, 0.2) is 51.8 Å². The van der Waals surface area contributed by atoms with Gasteiger partial charge in [-0.15, -0.1) is 0 Å². The normalized spacial score (nSPS) is 15.3. The van der Waals surface area contributed by atoms with E-state index < -0.39 is 16.0 Å². The van der Waals surface area contributed by atoms with Gasteiger partial charge in [0.2, 0.25) is 10.0 Å². The maximum atomic E-state index is 12.5. The summed E-state index contributed by atoms with van der Waals surface area (Å²) >= 11 is 9.30. The van der Waals surface area contributed by atoms with E-state index in [4.69, 9.17) is 16.3 Å². The largest absolute Gasteiger partial charge is 0.421 e. The molecule has 1 saturated heterocycles. The van der Waals surface area contributed by atoms with Crippen LogP contribution in [-0.4, -0.2) is 31.8 Å². The van der Waals surface area contributed by atoms with Crippen LogP contribution in [0.1, 0.15) is 23.2 Å². The van der Waals surface area contributed by atoms with Crippen LogP contribution in [0.25, 0.3) is 0 Å². The van der Waals surface area contributed by atoms with Gasteiger partial charge in [0.1, 0.15) is 5.75 Å². The molecule has 0 amide bonds. The molecule has 0 radical (unpaired) electrons. The molecule has 0 unspecified atom stereocenters. The second-order valence-electron chi connectivity index (χ2n) is 5.60. The maximum Gasteiger partial charge on any atom is 0.343 e. The summed E-state index contributed by atoms with van der Waals surface area (Å²) in [6, 6.07) is 10.6. The summed E-state index contributed by atoms with van der Waals surface area (Å²) in [5.74, 6) is -0.363. The lowest BCUT2D eigenvalue weighted by molar-refractivity contribution is 0.0734. The lowest BCUT2D eigenvalue weighted by Crippen LogP contribution is -2.27. The van der Waals surface area contributed by atoms with Crippen LogP contribution in [0, 0.1) is 0 Å². The molecule has 0 saturated carbocycles. The van der Waals surface area contributed by atoms with Gasteiger partial charge in [-0.2, -0.15) is 4.31 Å². The molecular formula is C17H15BrClNO4S. The quantitative estimate of drug-likeness (QED) is 0.526. The molecule has 0 N–H and O–H groups in total. The first-order chi connectivity index (χ1) is 11.9. The summed E-state index contributed by atoms with van der Waals surface area (Å²) in [4.78, 5) is 12.4. The van der Waals surface area contributed by atoms with Gasteiger partial charge < -0.3 is 4.74 Å². The molecule has 0 atom stereocenters. The summed E-state index contributed by atoms with van der Waals surface area (Å²) < 4.78 is 32.4. The van der Waals surface area contributed by atoms with Crippen molar-refractivity contribution in [1.29, 1.82) is 0 Å². The highest BCUT2D eigenvalue weighted by Crippen LogP contribution is 2.28. The zero-order valence-corrected chi connectivity index (χ0v) is 16.3. The Hall–Kier alpha value is -1.41. The van der Waals surface area contributed by atoms with Crippen LogP contribution < -0.4 is 4.74 Å². The van der Waals surface area contributed by atoms with Crippen LogP contribution in [0.3, 0.4) is 0 Å². The molecule has 1 aliphatic rings. The van der Waals surface area contributed by atoms with Crippen LogP contribution >= 0.6 is 27.5 Å². The van der Waals surface area contributed by atoms with Gasteiger partial charge in [-0.25, -0.2) is 13.2 Å². The summed E-state index contributed by atoms with van der Waals surface area (Å²) in [6.07, 6.45) is 1.75. The van der Waals surface area contributed by atoms with Gasteiger partial charge in [-0.05, 0) is 55.3 Å². The predicted molar refractivity (Wildman–Crippen MR) is 98.5 cm³/mol. The van der Waals surface area contributed by atoms with E-state index in [1.54, 1.807) is 18.2 Å². The van der Waals surface area contributed by atoms with Crippen LogP contribution in [-0.2, 0) is 10.0 Å². The maximum absolute atomic E-state index is 12.5. The molecule has 1 aliphatic heterocycles. The van der Waals surface area contributed by atoms with Crippen molar-refractivity contribution in [3.8, 4) is 5.75 Å². The minimum absolute atomic E-state index is 0.174. The first-order valence-corrected chi connectivity index (χ1v) is 10.3. The first kappa shape index (κ1) is 18.4. The average Bonchev–Trinajstić information content (AvgIpc) is 3.13. The highest BCUT2D eigenvalue weighted by Gasteiger charge is 2.27. The lowest BCUT2D eigenvalue weighted by Gasteiger charge is -2.15. The Morgan fingerprint density at radius 2 is 1.72 bits per heavy atom. The third-order valence-electron chi connectivity index (χ3n) is 3.89. The number of benzene rings is 2. The number of hydrogen-bond acceptors (Lipinski definition) is 4. The Labute approximate surface area is 159 Å². The molecule has 2 aromatic rings. The Morgan fingerprint density at radius 1 is 1.08 bits per heavy atom. The molecule has 1 fully saturated rings. The van der Waals surface area contributed by atoms with Gasteiger partial charge in [0, 0.05) is 17.6 Å².